The van der Waals surface area contributed by atoms with Crippen LogP contribution in [0.25, 0.3) is 0 Å². The summed E-state index contributed by atoms with van der Waals surface area (Å²) in [4.78, 5) is 0. The first-order chi connectivity index (χ1) is 9.60. The topological polar surface area (TPSA) is 29.5 Å². The van der Waals surface area contributed by atoms with Crippen LogP contribution in [0.2, 0.25) is 5.02 Å². The molecule has 0 saturated carbocycles. The second-order valence-corrected chi connectivity index (χ2v) is 5.25. The van der Waals surface area contributed by atoms with Gasteiger partial charge in [-0.3, -0.25) is 0 Å². The van der Waals surface area contributed by atoms with Crippen molar-refractivity contribution in [3.8, 4) is 5.75 Å². The Morgan fingerprint density at radius 1 is 1.10 bits per heavy atom. The van der Waals surface area contributed by atoms with E-state index < -0.39 is 6.10 Å². The van der Waals surface area contributed by atoms with Crippen molar-refractivity contribution in [2.75, 3.05) is 0 Å². The normalized spacial score (nSPS) is 12.2. The Morgan fingerprint density at radius 3 is 2.35 bits per heavy atom. The van der Waals surface area contributed by atoms with E-state index in [0.29, 0.717) is 22.9 Å². The van der Waals surface area contributed by atoms with Crippen LogP contribution in [0.5, 0.6) is 5.75 Å². The minimum Gasteiger partial charge on any atom is -0.489 e. The van der Waals surface area contributed by atoms with Crippen LogP contribution in [0, 0.1) is 0 Å². The van der Waals surface area contributed by atoms with E-state index in [1.165, 1.54) is 5.56 Å². The number of halogens is 1. The Hall–Kier alpha value is -1.51. The fraction of sp³-hybridized carbons (Fsp3) is 0.294. The first-order valence-electron chi connectivity index (χ1n) is 6.78. The Bertz CT molecular complexity index is 562. The van der Waals surface area contributed by atoms with Gasteiger partial charge in [-0.25, -0.2) is 0 Å². The van der Waals surface area contributed by atoms with Gasteiger partial charge in [-0.2, -0.15) is 0 Å². The highest BCUT2D eigenvalue weighted by molar-refractivity contribution is 6.30. The largest absolute Gasteiger partial charge is 0.489 e. The number of hydrogen-bond donors (Lipinski definition) is 1. The van der Waals surface area contributed by atoms with Crippen LogP contribution in [0.4, 0.5) is 0 Å². The van der Waals surface area contributed by atoms with Crippen molar-refractivity contribution < 1.29 is 9.84 Å². The highest BCUT2D eigenvalue weighted by Crippen LogP contribution is 2.28. The van der Waals surface area contributed by atoms with Gasteiger partial charge in [0.05, 0.1) is 6.10 Å². The van der Waals surface area contributed by atoms with Gasteiger partial charge in [-0.1, -0.05) is 42.8 Å². The Balaban J connectivity index is 2.10. The molecule has 0 radical (unpaired) electrons. The summed E-state index contributed by atoms with van der Waals surface area (Å²) in [6, 6.07) is 13.6. The highest BCUT2D eigenvalue weighted by atomic mass is 35.5. The number of aliphatic hydroxyl groups is 1. The maximum atomic E-state index is 9.76. The zero-order chi connectivity index (χ0) is 14.5. The van der Waals surface area contributed by atoms with Crippen molar-refractivity contribution in [2.24, 2.45) is 0 Å². The third-order valence-corrected chi connectivity index (χ3v) is 3.48. The summed E-state index contributed by atoms with van der Waals surface area (Å²) in [6.07, 6.45) is 0.427. The predicted molar refractivity (Wildman–Crippen MR) is 82.2 cm³/mol. The molecule has 106 valence electrons. The van der Waals surface area contributed by atoms with Crippen LogP contribution in [-0.4, -0.2) is 5.11 Å². The minimum absolute atomic E-state index is 0.478. The molecule has 3 heteroatoms. The van der Waals surface area contributed by atoms with Gasteiger partial charge in [0.1, 0.15) is 12.4 Å². The average molecular weight is 291 g/mol. The van der Waals surface area contributed by atoms with Crippen molar-refractivity contribution in [1.29, 1.82) is 0 Å². The lowest BCUT2D eigenvalue weighted by atomic mass is 10.1. The lowest BCUT2D eigenvalue weighted by Crippen LogP contribution is -2.01. The van der Waals surface area contributed by atoms with Gasteiger partial charge in [0.15, 0.2) is 0 Å². The maximum Gasteiger partial charge on any atom is 0.125 e. The van der Waals surface area contributed by atoms with E-state index in [1.807, 2.05) is 0 Å². The van der Waals surface area contributed by atoms with Crippen LogP contribution in [0.15, 0.2) is 42.5 Å². The minimum atomic E-state index is -0.605. The van der Waals surface area contributed by atoms with Gasteiger partial charge in [0, 0.05) is 10.6 Å². The zero-order valence-corrected chi connectivity index (χ0v) is 12.5. The molecular formula is C17H19ClO2. The molecule has 1 atom stereocenters. The summed E-state index contributed by atoms with van der Waals surface area (Å²) in [5.41, 5.74) is 3.13. The van der Waals surface area contributed by atoms with E-state index >= 15 is 0 Å². The molecule has 0 aliphatic rings. The number of rotatable bonds is 5. The maximum absolute atomic E-state index is 9.76. The number of hydrogen-bond acceptors (Lipinski definition) is 2. The van der Waals surface area contributed by atoms with Crippen molar-refractivity contribution in [1.82, 2.24) is 0 Å². The van der Waals surface area contributed by atoms with E-state index in [1.54, 1.807) is 25.1 Å². The van der Waals surface area contributed by atoms with Crippen molar-refractivity contribution in [2.45, 2.75) is 33.0 Å². The smallest absolute Gasteiger partial charge is 0.125 e. The summed E-state index contributed by atoms with van der Waals surface area (Å²) in [5, 5.41) is 10.4. The third kappa shape index (κ3) is 3.75. The molecular weight excluding hydrogens is 272 g/mol. The molecule has 0 spiro atoms. The monoisotopic (exact) mass is 290 g/mol. The molecule has 0 saturated heterocycles. The quantitative estimate of drug-likeness (QED) is 0.876. The van der Waals surface area contributed by atoms with Crippen LogP contribution in [0.1, 0.15) is 36.6 Å². The molecule has 0 aromatic heterocycles. The summed E-state index contributed by atoms with van der Waals surface area (Å²) in [6.45, 7) is 4.31. The van der Waals surface area contributed by atoms with Crippen LogP contribution in [0.3, 0.4) is 0 Å². The predicted octanol–water partition coefficient (Wildman–Crippen LogP) is 4.53. The van der Waals surface area contributed by atoms with E-state index in [4.69, 9.17) is 16.3 Å². The van der Waals surface area contributed by atoms with Crippen molar-refractivity contribution in [3.05, 3.63) is 64.2 Å². The molecule has 20 heavy (non-hydrogen) atoms. The highest BCUT2D eigenvalue weighted by Gasteiger charge is 2.10. The molecule has 0 aliphatic carbocycles. The summed E-state index contributed by atoms with van der Waals surface area (Å²) < 4.78 is 5.79. The fourth-order valence-corrected chi connectivity index (χ4v) is 2.19. The lowest BCUT2D eigenvalue weighted by Gasteiger charge is -2.14. The third-order valence-electron chi connectivity index (χ3n) is 3.25. The Kier molecular flexibility index (Phi) is 5.05. The summed E-state index contributed by atoms with van der Waals surface area (Å²) >= 11 is 5.94. The number of aryl methyl sites for hydroxylation is 1. The molecule has 0 fully saturated rings. The zero-order valence-electron chi connectivity index (χ0n) is 11.8. The van der Waals surface area contributed by atoms with Gasteiger partial charge < -0.3 is 9.84 Å². The fourth-order valence-electron chi connectivity index (χ4n) is 2.01. The molecule has 0 bridgehead atoms. The van der Waals surface area contributed by atoms with Gasteiger partial charge in [-0.05, 0) is 42.7 Å². The van der Waals surface area contributed by atoms with Crippen LogP contribution in [-0.2, 0) is 13.0 Å². The second-order valence-electron chi connectivity index (χ2n) is 4.82. The summed E-state index contributed by atoms with van der Waals surface area (Å²) in [5.74, 6) is 0.670. The standard InChI is InChI=1S/C17H19ClO2/c1-3-13-4-6-14(7-5-13)11-20-17-9-8-15(18)10-16(17)12(2)19/h4-10,12,19H,3,11H2,1-2H3. The number of aliphatic hydroxyl groups excluding tert-OH is 1. The van der Waals surface area contributed by atoms with E-state index in [-0.39, 0.29) is 0 Å². The van der Waals surface area contributed by atoms with E-state index in [2.05, 4.69) is 31.2 Å². The van der Waals surface area contributed by atoms with Crippen LogP contribution < -0.4 is 4.74 Å². The second kappa shape index (κ2) is 6.78. The SMILES string of the molecule is CCc1ccc(COc2ccc(Cl)cc2C(C)O)cc1. The first-order valence-corrected chi connectivity index (χ1v) is 7.16. The Labute approximate surface area is 125 Å². The van der Waals surface area contributed by atoms with Crippen LogP contribution >= 0.6 is 11.6 Å². The summed E-state index contributed by atoms with van der Waals surface area (Å²) in [7, 11) is 0. The van der Waals surface area contributed by atoms with Gasteiger partial charge in [0.2, 0.25) is 0 Å². The molecule has 2 nitrogen and oxygen atoms in total. The Morgan fingerprint density at radius 2 is 1.75 bits per heavy atom. The van der Waals surface area contributed by atoms with E-state index in [9.17, 15) is 5.11 Å². The van der Waals surface area contributed by atoms with E-state index in [0.717, 1.165) is 12.0 Å². The molecule has 0 heterocycles. The molecule has 0 aliphatic heterocycles. The van der Waals surface area contributed by atoms with Gasteiger partial charge in [-0.15, -0.1) is 0 Å². The van der Waals surface area contributed by atoms with Gasteiger partial charge in [0.25, 0.3) is 0 Å². The molecule has 1 N–H and O–H groups in total. The molecule has 2 rings (SSSR count). The average Bonchev–Trinajstić information content (AvgIpc) is 2.46. The first kappa shape index (κ1) is 14.9. The van der Waals surface area contributed by atoms with Crippen molar-refractivity contribution in [3.63, 3.8) is 0 Å². The molecule has 1 unspecified atom stereocenters. The number of benzene rings is 2. The van der Waals surface area contributed by atoms with Gasteiger partial charge >= 0.3 is 0 Å². The molecule has 0 amide bonds. The van der Waals surface area contributed by atoms with Crippen molar-refractivity contribution >= 4 is 11.6 Å². The number of ether oxygens (including phenoxy) is 1. The molecule has 2 aromatic rings. The lowest BCUT2D eigenvalue weighted by molar-refractivity contribution is 0.190. The molecule has 2 aromatic carbocycles.